The lowest BCUT2D eigenvalue weighted by Gasteiger charge is -2.36. The molecule has 2 unspecified atom stereocenters. The maximum absolute atomic E-state index is 5.63. The van der Waals surface area contributed by atoms with Gasteiger partial charge in [-0.3, -0.25) is 4.48 Å². The molecule has 2 heteroatoms. The van der Waals surface area contributed by atoms with E-state index in [9.17, 15) is 0 Å². The van der Waals surface area contributed by atoms with Gasteiger partial charge >= 0.3 is 0 Å². The fourth-order valence-electron chi connectivity index (χ4n) is 3.64. The van der Waals surface area contributed by atoms with Crippen LogP contribution in [0.25, 0.3) is 0 Å². The quantitative estimate of drug-likeness (QED) is 0.221. The number of quaternary nitrogens is 1. The maximum atomic E-state index is 5.63. The molecule has 1 saturated heterocycles. The predicted octanol–water partition coefficient (Wildman–Crippen LogP) is 5.51. The third kappa shape index (κ3) is 7.65. The molecular weight excluding hydrogens is 258 g/mol. The molecule has 1 aliphatic heterocycles. The molecule has 0 aromatic carbocycles. The second-order valence-electron chi connectivity index (χ2n) is 6.95. The van der Waals surface area contributed by atoms with Crippen molar-refractivity contribution >= 4 is 0 Å². The van der Waals surface area contributed by atoms with E-state index in [0.29, 0.717) is 6.23 Å². The molecule has 2 nitrogen and oxygen atoms in total. The summed E-state index contributed by atoms with van der Waals surface area (Å²) in [6.45, 7) is 11.8. The lowest BCUT2D eigenvalue weighted by Crippen LogP contribution is -2.51. The Labute approximate surface area is 133 Å². The van der Waals surface area contributed by atoms with E-state index in [2.05, 4.69) is 20.8 Å². The smallest absolute Gasteiger partial charge is 0.217 e. The Morgan fingerprint density at radius 3 is 1.67 bits per heavy atom. The van der Waals surface area contributed by atoms with Gasteiger partial charge in [-0.25, -0.2) is 0 Å². The average Bonchev–Trinajstić information content (AvgIpc) is 3.33. The summed E-state index contributed by atoms with van der Waals surface area (Å²) in [5, 5.41) is 0. The van der Waals surface area contributed by atoms with Crippen molar-refractivity contribution in [3.8, 4) is 0 Å². The maximum Gasteiger partial charge on any atom is 0.217 e. The first-order chi connectivity index (χ1) is 10.3. The topological polar surface area (TPSA) is 12.5 Å². The minimum absolute atomic E-state index is 0.536. The van der Waals surface area contributed by atoms with Crippen LogP contribution in [0.15, 0.2) is 0 Å². The number of rotatable bonds is 15. The highest BCUT2D eigenvalue weighted by atomic mass is 16.6. The van der Waals surface area contributed by atoms with Crippen molar-refractivity contribution in [3.63, 3.8) is 0 Å². The van der Waals surface area contributed by atoms with E-state index >= 15 is 0 Å². The van der Waals surface area contributed by atoms with Gasteiger partial charge in [0.25, 0.3) is 0 Å². The molecule has 0 aliphatic carbocycles. The van der Waals surface area contributed by atoms with Crippen molar-refractivity contribution < 1.29 is 9.22 Å². The molecule has 21 heavy (non-hydrogen) atoms. The summed E-state index contributed by atoms with van der Waals surface area (Å²) in [6, 6.07) is 0. The summed E-state index contributed by atoms with van der Waals surface area (Å²) >= 11 is 0. The molecule has 1 heterocycles. The van der Waals surface area contributed by atoms with Gasteiger partial charge in [0.1, 0.15) is 6.61 Å². The van der Waals surface area contributed by atoms with Gasteiger partial charge in [0, 0.05) is 0 Å². The summed E-state index contributed by atoms with van der Waals surface area (Å²) in [5.41, 5.74) is 0. The number of likely N-dealkylation sites (N-methyl/N-ethyl adjacent to an activating group) is 1. The Morgan fingerprint density at radius 2 is 1.24 bits per heavy atom. The molecule has 0 amide bonds. The molecule has 0 aromatic rings. The molecule has 1 fully saturated rings. The number of nitrogens with zero attached hydrogens (tertiary/aromatic N) is 1. The summed E-state index contributed by atoms with van der Waals surface area (Å²) in [7, 11) is 0. The van der Waals surface area contributed by atoms with Crippen LogP contribution in [0, 0.1) is 0 Å². The largest absolute Gasteiger partial charge is 0.318 e. The lowest BCUT2D eigenvalue weighted by atomic mass is 10.1. The van der Waals surface area contributed by atoms with Crippen LogP contribution in [0.5, 0.6) is 0 Å². The van der Waals surface area contributed by atoms with Crippen molar-refractivity contribution in [2.75, 3.05) is 26.2 Å². The molecule has 2 atom stereocenters. The fraction of sp³-hybridized carbons (Fsp3) is 1.00. The Bertz CT molecular complexity index is 240. The second kappa shape index (κ2) is 11.5. The van der Waals surface area contributed by atoms with Crippen LogP contribution >= 0.6 is 0 Å². The minimum Gasteiger partial charge on any atom is -0.318 e. The van der Waals surface area contributed by atoms with Gasteiger partial charge in [-0.1, -0.05) is 65.2 Å². The minimum atomic E-state index is 0.536. The normalized spacial score (nSPS) is 20.4. The van der Waals surface area contributed by atoms with Gasteiger partial charge in [-0.05, 0) is 26.2 Å². The Kier molecular flexibility index (Phi) is 10.4. The third-order valence-electron chi connectivity index (χ3n) is 5.18. The monoisotopic (exact) mass is 298 g/mol. The van der Waals surface area contributed by atoms with Crippen molar-refractivity contribution in [3.05, 3.63) is 0 Å². The SMILES string of the molecule is CCCCCCCCCCCC[N+](CC)(CCC)C1CO1. The van der Waals surface area contributed by atoms with Crippen LogP contribution in [-0.2, 0) is 4.74 Å². The van der Waals surface area contributed by atoms with Crippen LogP contribution in [0.2, 0.25) is 0 Å². The lowest BCUT2D eigenvalue weighted by molar-refractivity contribution is -0.946. The van der Waals surface area contributed by atoms with Gasteiger partial charge in [0.15, 0.2) is 0 Å². The number of hydrogen-bond donors (Lipinski definition) is 0. The summed E-state index contributed by atoms with van der Waals surface area (Å²) in [6.07, 6.45) is 16.1. The zero-order chi connectivity index (χ0) is 15.4. The third-order valence-corrected chi connectivity index (χ3v) is 5.18. The second-order valence-corrected chi connectivity index (χ2v) is 6.95. The van der Waals surface area contributed by atoms with Gasteiger partial charge < -0.3 is 4.74 Å². The molecule has 0 spiro atoms. The Balaban J connectivity index is 1.99. The van der Waals surface area contributed by atoms with Crippen molar-refractivity contribution in [2.45, 2.75) is 97.6 Å². The van der Waals surface area contributed by atoms with Crippen LogP contribution in [0.3, 0.4) is 0 Å². The highest BCUT2D eigenvalue weighted by Gasteiger charge is 2.44. The van der Waals surface area contributed by atoms with E-state index in [1.165, 1.54) is 94.7 Å². The Morgan fingerprint density at radius 1 is 0.714 bits per heavy atom. The number of unbranched alkanes of at least 4 members (excludes halogenated alkanes) is 9. The highest BCUT2D eigenvalue weighted by Crippen LogP contribution is 2.26. The molecular formula is C19H40NO+. The standard InChI is InChI=1S/C19H40NO/c1-4-7-8-9-10-11-12-13-14-15-17-20(6-3,16-5-2)19-18-21-19/h19H,4-18H2,1-3H3/q+1. The van der Waals surface area contributed by atoms with E-state index in [1.54, 1.807) is 0 Å². The summed E-state index contributed by atoms with van der Waals surface area (Å²) in [4.78, 5) is 0. The van der Waals surface area contributed by atoms with Gasteiger partial charge in [-0.15, -0.1) is 0 Å². The van der Waals surface area contributed by atoms with Gasteiger partial charge in [-0.2, -0.15) is 0 Å². The van der Waals surface area contributed by atoms with Crippen LogP contribution in [-0.4, -0.2) is 37.0 Å². The van der Waals surface area contributed by atoms with Gasteiger partial charge in [0.05, 0.1) is 19.6 Å². The summed E-state index contributed by atoms with van der Waals surface area (Å²) < 4.78 is 6.86. The molecule has 0 bridgehead atoms. The van der Waals surface area contributed by atoms with Crippen molar-refractivity contribution in [2.24, 2.45) is 0 Å². The molecule has 0 aromatic heterocycles. The zero-order valence-electron chi connectivity index (χ0n) is 15.0. The Hall–Kier alpha value is -0.0800. The first kappa shape index (κ1) is 19.0. The van der Waals surface area contributed by atoms with E-state index in [-0.39, 0.29) is 0 Å². The van der Waals surface area contributed by atoms with E-state index in [0.717, 1.165) is 6.61 Å². The molecule has 126 valence electrons. The number of ether oxygens (including phenoxy) is 1. The summed E-state index contributed by atoms with van der Waals surface area (Å²) in [5.74, 6) is 0. The highest BCUT2D eigenvalue weighted by molar-refractivity contribution is 4.61. The molecule has 0 N–H and O–H groups in total. The van der Waals surface area contributed by atoms with Crippen LogP contribution < -0.4 is 0 Å². The molecule has 0 radical (unpaired) electrons. The zero-order valence-corrected chi connectivity index (χ0v) is 15.0. The molecule has 1 aliphatic rings. The van der Waals surface area contributed by atoms with Crippen LogP contribution in [0.1, 0.15) is 91.4 Å². The van der Waals surface area contributed by atoms with Crippen LogP contribution in [0.4, 0.5) is 0 Å². The first-order valence-corrected chi connectivity index (χ1v) is 9.76. The predicted molar refractivity (Wildman–Crippen MR) is 92.4 cm³/mol. The average molecular weight is 299 g/mol. The number of hydrogen-bond acceptors (Lipinski definition) is 1. The van der Waals surface area contributed by atoms with E-state index < -0.39 is 0 Å². The van der Waals surface area contributed by atoms with Crippen molar-refractivity contribution in [1.82, 2.24) is 0 Å². The van der Waals surface area contributed by atoms with Crippen molar-refractivity contribution in [1.29, 1.82) is 0 Å². The molecule has 0 saturated carbocycles. The fourth-order valence-corrected chi connectivity index (χ4v) is 3.64. The van der Waals surface area contributed by atoms with Gasteiger partial charge in [0.2, 0.25) is 6.23 Å². The molecule has 1 rings (SSSR count). The first-order valence-electron chi connectivity index (χ1n) is 9.76. The van der Waals surface area contributed by atoms with E-state index in [1.807, 2.05) is 0 Å². The number of epoxide rings is 1. The van der Waals surface area contributed by atoms with E-state index in [4.69, 9.17) is 4.74 Å².